The van der Waals surface area contributed by atoms with Crippen molar-refractivity contribution >= 4 is 5.95 Å². The van der Waals surface area contributed by atoms with E-state index >= 15 is 0 Å². The molecule has 23 heavy (non-hydrogen) atoms. The van der Waals surface area contributed by atoms with Crippen LogP contribution >= 0.6 is 0 Å². The number of anilines is 1. The summed E-state index contributed by atoms with van der Waals surface area (Å²) in [5, 5.41) is 0. The molecule has 0 aromatic carbocycles. The van der Waals surface area contributed by atoms with Gasteiger partial charge in [0.15, 0.2) is 5.82 Å². The monoisotopic (exact) mass is 318 g/mol. The standard InChI is InChI=1S/C16H19FN4O2/c1-10-11(2)23-7-6-21(10)16-19-14(8-15(22)20(16)3)12-4-5-18-9-13(12)17/h4-5,8-11H,6-7H2,1-3H3/t10?,11-/m0/s1. The van der Waals surface area contributed by atoms with Crippen LogP contribution in [-0.4, -0.2) is 39.8 Å². The normalized spacial score (nSPS) is 21.5. The molecule has 6 nitrogen and oxygen atoms in total. The number of rotatable bonds is 2. The average Bonchev–Trinajstić information content (AvgIpc) is 2.53. The first kappa shape index (κ1) is 15.6. The third-order valence-electron chi connectivity index (χ3n) is 4.30. The topological polar surface area (TPSA) is 60.2 Å². The van der Waals surface area contributed by atoms with Crippen molar-refractivity contribution in [1.82, 2.24) is 14.5 Å². The Morgan fingerprint density at radius 1 is 1.39 bits per heavy atom. The van der Waals surface area contributed by atoms with Crippen molar-refractivity contribution in [1.29, 1.82) is 0 Å². The molecule has 0 spiro atoms. The summed E-state index contributed by atoms with van der Waals surface area (Å²) in [6, 6.07) is 2.93. The van der Waals surface area contributed by atoms with Crippen LogP contribution in [0.3, 0.4) is 0 Å². The highest BCUT2D eigenvalue weighted by molar-refractivity contribution is 5.60. The number of hydrogen-bond donors (Lipinski definition) is 0. The Hall–Kier alpha value is -2.28. The van der Waals surface area contributed by atoms with Crippen LogP contribution in [0, 0.1) is 5.82 Å². The van der Waals surface area contributed by atoms with E-state index in [1.807, 2.05) is 18.7 Å². The SMILES string of the molecule is CC1[C@H](C)OCCN1c1nc(-c2ccncc2F)cc(=O)n1C. The van der Waals surface area contributed by atoms with Crippen LogP contribution in [-0.2, 0) is 11.8 Å². The van der Waals surface area contributed by atoms with E-state index in [1.54, 1.807) is 7.05 Å². The molecule has 3 rings (SSSR count). The quantitative estimate of drug-likeness (QED) is 0.842. The van der Waals surface area contributed by atoms with Crippen molar-refractivity contribution in [2.45, 2.75) is 26.0 Å². The second-order valence-corrected chi connectivity index (χ2v) is 5.70. The van der Waals surface area contributed by atoms with E-state index in [1.165, 1.54) is 22.9 Å². The number of halogens is 1. The fourth-order valence-electron chi connectivity index (χ4n) is 2.72. The molecule has 2 atom stereocenters. The Kier molecular flexibility index (Phi) is 4.12. The molecule has 122 valence electrons. The van der Waals surface area contributed by atoms with Crippen LogP contribution in [0.4, 0.5) is 10.3 Å². The summed E-state index contributed by atoms with van der Waals surface area (Å²) in [4.78, 5) is 22.6. The van der Waals surface area contributed by atoms with Gasteiger partial charge in [0.05, 0.1) is 30.6 Å². The van der Waals surface area contributed by atoms with Crippen LogP contribution in [0.25, 0.3) is 11.3 Å². The molecule has 0 aliphatic carbocycles. The highest BCUT2D eigenvalue weighted by atomic mass is 19.1. The number of morpholine rings is 1. The fourth-order valence-corrected chi connectivity index (χ4v) is 2.72. The number of ether oxygens (including phenoxy) is 1. The molecule has 1 fully saturated rings. The van der Waals surface area contributed by atoms with Gasteiger partial charge in [-0.15, -0.1) is 0 Å². The number of aromatic nitrogens is 3. The molecule has 7 heteroatoms. The maximum Gasteiger partial charge on any atom is 0.255 e. The van der Waals surface area contributed by atoms with Crippen molar-refractivity contribution in [3.05, 3.63) is 40.7 Å². The Morgan fingerprint density at radius 3 is 2.91 bits per heavy atom. The maximum absolute atomic E-state index is 14.0. The summed E-state index contributed by atoms with van der Waals surface area (Å²) in [5.41, 5.74) is 0.356. The van der Waals surface area contributed by atoms with E-state index in [4.69, 9.17) is 4.74 Å². The smallest absolute Gasteiger partial charge is 0.255 e. The summed E-state index contributed by atoms with van der Waals surface area (Å²) < 4.78 is 21.1. The zero-order valence-electron chi connectivity index (χ0n) is 13.4. The summed E-state index contributed by atoms with van der Waals surface area (Å²) in [6.45, 7) is 5.21. The van der Waals surface area contributed by atoms with Gasteiger partial charge in [0.25, 0.3) is 5.56 Å². The van der Waals surface area contributed by atoms with E-state index in [-0.39, 0.29) is 23.3 Å². The zero-order chi connectivity index (χ0) is 16.6. The van der Waals surface area contributed by atoms with E-state index in [2.05, 4.69) is 9.97 Å². The number of nitrogens with zero attached hydrogens (tertiary/aromatic N) is 4. The van der Waals surface area contributed by atoms with Crippen LogP contribution in [0.2, 0.25) is 0 Å². The molecule has 0 bridgehead atoms. The minimum atomic E-state index is -0.498. The fraction of sp³-hybridized carbons (Fsp3) is 0.438. The lowest BCUT2D eigenvalue weighted by Crippen LogP contribution is -2.50. The summed E-state index contributed by atoms with van der Waals surface area (Å²) in [5.74, 6) is 0.0222. The minimum Gasteiger partial charge on any atom is -0.375 e. The van der Waals surface area contributed by atoms with Gasteiger partial charge in [0.2, 0.25) is 5.95 Å². The van der Waals surface area contributed by atoms with Gasteiger partial charge in [-0.1, -0.05) is 0 Å². The second-order valence-electron chi connectivity index (χ2n) is 5.70. The van der Waals surface area contributed by atoms with Gasteiger partial charge in [-0.3, -0.25) is 14.3 Å². The molecular weight excluding hydrogens is 299 g/mol. The molecule has 1 unspecified atom stereocenters. The molecule has 2 aromatic heterocycles. The van der Waals surface area contributed by atoms with Gasteiger partial charge in [0.1, 0.15) is 0 Å². The Balaban J connectivity index is 2.11. The van der Waals surface area contributed by atoms with Gasteiger partial charge < -0.3 is 9.64 Å². The van der Waals surface area contributed by atoms with E-state index in [0.717, 1.165) is 6.20 Å². The largest absolute Gasteiger partial charge is 0.375 e. The predicted molar refractivity (Wildman–Crippen MR) is 84.9 cm³/mol. The first-order valence-electron chi connectivity index (χ1n) is 7.55. The van der Waals surface area contributed by atoms with E-state index in [9.17, 15) is 9.18 Å². The molecular formula is C16H19FN4O2. The van der Waals surface area contributed by atoms with Crippen molar-refractivity contribution < 1.29 is 9.13 Å². The minimum absolute atomic E-state index is 0.0296. The van der Waals surface area contributed by atoms with Crippen molar-refractivity contribution in [3.8, 4) is 11.3 Å². The highest BCUT2D eigenvalue weighted by Gasteiger charge is 2.28. The maximum atomic E-state index is 14.0. The van der Waals surface area contributed by atoms with E-state index < -0.39 is 5.82 Å². The van der Waals surface area contributed by atoms with Crippen LogP contribution < -0.4 is 10.5 Å². The summed E-state index contributed by atoms with van der Waals surface area (Å²) in [6.07, 6.45) is 2.63. The van der Waals surface area contributed by atoms with Crippen molar-refractivity contribution in [2.75, 3.05) is 18.1 Å². The van der Waals surface area contributed by atoms with E-state index in [0.29, 0.717) is 24.8 Å². The van der Waals surface area contributed by atoms with Crippen molar-refractivity contribution in [3.63, 3.8) is 0 Å². The van der Waals surface area contributed by atoms with Crippen molar-refractivity contribution in [2.24, 2.45) is 7.05 Å². The predicted octanol–water partition coefficient (Wildman–Crippen LogP) is 1.59. The molecule has 2 aromatic rings. The van der Waals surface area contributed by atoms with Crippen LogP contribution in [0.15, 0.2) is 29.3 Å². The lowest BCUT2D eigenvalue weighted by atomic mass is 10.1. The Labute approximate surface area is 133 Å². The van der Waals surface area contributed by atoms with Gasteiger partial charge in [-0.2, -0.15) is 0 Å². The highest BCUT2D eigenvalue weighted by Crippen LogP contribution is 2.24. The Morgan fingerprint density at radius 2 is 2.17 bits per heavy atom. The van der Waals surface area contributed by atoms with Gasteiger partial charge in [-0.25, -0.2) is 9.37 Å². The van der Waals surface area contributed by atoms with Crippen LogP contribution in [0.5, 0.6) is 0 Å². The second kappa shape index (κ2) is 6.08. The summed E-state index contributed by atoms with van der Waals surface area (Å²) >= 11 is 0. The Bertz CT molecular complexity index is 777. The molecule has 1 aliphatic rings. The molecule has 0 N–H and O–H groups in total. The summed E-state index contributed by atoms with van der Waals surface area (Å²) in [7, 11) is 1.67. The molecule has 0 amide bonds. The molecule has 3 heterocycles. The average molecular weight is 318 g/mol. The van der Waals surface area contributed by atoms with Crippen LogP contribution in [0.1, 0.15) is 13.8 Å². The zero-order valence-corrected chi connectivity index (χ0v) is 13.4. The molecule has 0 saturated carbocycles. The third kappa shape index (κ3) is 2.84. The van der Waals surface area contributed by atoms with Gasteiger partial charge in [-0.05, 0) is 19.9 Å². The number of hydrogen-bond acceptors (Lipinski definition) is 5. The van der Waals surface area contributed by atoms with Gasteiger partial charge in [0, 0.05) is 31.4 Å². The number of pyridine rings is 1. The molecule has 1 aliphatic heterocycles. The first-order chi connectivity index (χ1) is 11.0. The first-order valence-corrected chi connectivity index (χ1v) is 7.55. The lowest BCUT2D eigenvalue weighted by molar-refractivity contribution is 0.0274. The van der Waals surface area contributed by atoms with Gasteiger partial charge >= 0.3 is 0 Å². The molecule has 0 radical (unpaired) electrons. The third-order valence-corrected chi connectivity index (χ3v) is 4.30. The molecule has 1 saturated heterocycles. The lowest BCUT2D eigenvalue weighted by Gasteiger charge is -2.39.